The van der Waals surface area contributed by atoms with E-state index in [9.17, 15) is 4.79 Å². The molecule has 0 bridgehead atoms. The molecule has 1 amide bonds. The fourth-order valence-electron chi connectivity index (χ4n) is 2.69. The largest absolute Gasteiger partial charge is 0.444 e. The Hall–Kier alpha value is -1.75. The van der Waals surface area contributed by atoms with E-state index in [2.05, 4.69) is 41.1 Å². The molecule has 2 rings (SSSR count). The lowest BCUT2D eigenvalue weighted by atomic mass is 10.1. The summed E-state index contributed by atoms with van der Waals surface area (Å²) in [5, 5.41) is 9.82. The van der Waals surface area contributed by atoms with E-state index in [1.807, 2.05) is 20.8 Å². The first-order valence-electron chi connectivity index (χ1n) is 8.44. The molecule has 1 aromatic carbocycles. The first-order valence-corrected chi connectivity index (χ1v) is 8.44. The number of carbonyl (C=O) groups excluding carboxylic acids is 1. The van der Waals surface area contributed by atoms with Crippen LogP contribution in [0.2, 0.25) is 0 Å². The number of amides is 1. The van der Waals surface area contributed by atoms with Gasteiger partial charge in [0.25, 0.3) is 0 Å². The Bertz CT molecular complexity index is 538. The van der Waals surface area contributed by atoms with Crippen LogP contribution in [-0.2, 0) is 17.7 Å². The molecule has 1 unspecified atom stereocenters. The second-order valence-electron chi connectivity index (χ2n) is 7.00. The molecule has 1 heterocycles. The summed E-state index contributed by atoms with van der Waals surface area (Å²) >= 11 is 0. The van der Waals surface area contributed by atoms with Gasteiger partial charge in [-0.2, -0.15) is 0 Å². The molecule has 0 fully saturated rings. The summed E-state index contributed by atoms with van der Waals surface area (Å²) in [5.41, 5.74) is 3.49. The molecule has 3 N–H and O–H groups in total. The predicted octanol–water partition coefficient (Wildman–Crippen LogP) is 3.05. The van der Waals surface area contributed by atoms with Crippen molar-refractivity contribution < 1.29 is 9.53 Å². The van der Waals surface area contributed by atoms with E-state index in [-0.39, 0.29) is 12.1 Å². The van der Waals surface area contributed by atoms with Gasteiger partial charge in [0.2, 0.25) is 0 Å². The number of rotatable bonds is 6. The number of nitrogens with one attached hydrogen (secondary N) is 3. The highest BCUT2D eigenvalue weighted by Gasteiger charge is 2.18. The van der Waals surface area contributed by atoms with Crippen LogP contribution in [0.25, 0.3) is 0 Å². The molecule has 1 aliphatic rings. The number of hydrogen-bond donors (Lipinski definition) is 3. The zero-order valence-corrected chi connectivity index (χ0v) is 14.7. The van der Waals surface area contributed by atoms with E-state index in [1.165, 1.54) is 16.8 Å². The molecule has 1 aromatic rings. The third-order valence-corrected chi connectivity index (χ3v) is 3.90. The van der Waals surface area contributed by atoms with Crippen LogP contribution in [-0.4, -0.2) is 30.8 Å². The van der Waals surface area contributed by atoms with Gasteiger partial charge in [-0.25, -0.2) is 4.79 Å². The van der Waals surface area contributed by atoms with Crippen molar-refractivity contribution in [2.24, 2.45) is 0 Å². The summed E-state index contributed by atoms with van der Waals surface area (Å²) in [6.45, 7) is 10.1. The van der Waals surface area contributed by atoms with E-state index in [0.29, 0.717) is 6.54 Å². The first kappa shape index (κ1) is 17.6. The van der Waals surface area contributed by atoms with Crippen LogP contribution in [0, 0.1) is 0 Å². The van der Waals surface area contributed by atoms with Crippen LogP contribution in [0.15, 0.2) is 18.2 Å². The third kappa shape index (κ3) is 5.43. The molecule has 5 heteroatoms. The topological polar surface area (TPSA) is 62.4 Å². The molecular weight excluding hydrogens is 290 g/mol. The van der Waals surface area contributed by atoms with E-state index in [0.717, 1.165) is 25.9 Å². The average molecular weight is 319 g/mol. The van der Waals surface area contributed by atoms with E-state index in [4.69, 9.17) is 4.74 Å². The van der Waals surface area contributed by atoms with Crippen molar-refractivity contribution >= 4 is 11.8 Å². The molecule has 0 spiro atoms. The fourth-order valence-corrected chi connectivity index (χ4v) is 2.69. The molecule has 1 aliphatic heterocycles. The van der Waals surface area contributed by atoms with Crippen molar-refractivity contribution in [3.8, 4) is 0 Å². The predicted molar refractivity (Wildman–Crippen MR) is 93.8 cm³/mol. The maximum absolute atomic E-state index is 11.7. The van der Waals surface area contributed by atoms with E-state index < -0.39 is 5.60 Å². The number of benzene rings is 1. The minimum Gasteiger partial charge on any atom is -0.444 e. The van der Waals surface area contributed by atoms with Crippen LogP contribution >= 0.6 is 0 Å². The monoisotopic (exact) mass is 319 g/mol. The average Bonchev–Trinajstić information content (AvgIpc) is 2.94. The Morgan fingerprint density at radius 3 is 2.87 bits per heavy atom. The number of carbonyl (C=O) groups is 1. The summed E-state index contributed by atoms with van der Waals surface area (Å²) in [6.07, 6.45) is 1.68. The zero-order valence-electron chi connectivity index (χ0n) is 14.7. The van der Waals surface area contributed by atoms with Crippen LogP contribution < -0.4 is 16.0 Å². The van der Waals surface area contributed by atoms with Crippen molar-refractivity contribution in [1.82, 2.24) is 10.6 Å². The van der Waals surface area contributed by atoms with Crippen LogP contribution in [0.1, 0.15) is 45.2 Å². The summed E-state index contributed by atoms with van der Waals surface area (Å²) < 4.78 is 5.27. The SMILES string of the molecule is CCC(CNC(=O)OC(C)(C)C)NCc1cccc2c1NCC2. The van der Waals surface area contributed by atoms with Crippen molar-refractivity contribution in [1.29, 1.82) is 0 Å². The summed E-state index contributed by atoms with van der Waals surface area (Å²) in [7, 11) is 0. The smallest absolute Gasteiger partial charge is 0.407 e. The van der Waals surface area contributed by atoms with Gasteiger partial charge < -0.3 is 20.7 Å². The highest BCUT2D eigenvalue weighted by atomic mass is 16.6. The molecular formula is C18H29N3O2. The van der Waals surface area contributed by atoms with Gasteiger partial charge in [-0.15, -0.1) is 0 Å². The highest BCUT2D eigenvalue weighted by Crippen LogP contribution is 2.26. The number of hydrogen-bond acceptors (Lipinski definition) is 4. The summed E-state index contributed by atoms with van der Waals surface area (Å²) in [5.74, 6) is 0. The molecule has 1 atom stereocenters. The Kier molecular flexibility index (Phi) is 5.88. The lowest BCUT2D eigenvalue weighted by Gasteiger charge is -2.22. The molecule has 128 valence electrons. The summed E-state index contributed by atoms with van der Waals surface area (Å²) in [4.78, 5) is 11.7. The number of anilines is 1. The standard InChI is InChI=1S/C18H29N3O2/c1-5-15(12-21-17(22)23-18(2,3)4)20-11-14-8-6-7-13-9-10-19-16(13)14/h6-8,15,19-20H,5,9-12H2,1-4H3,(H,21,22). The van der Waals surface area contributed by atoms with Gasteiger partial charge in [-0.3, -0.25) is 0 Å². The number of ether oxygens (including phenoxy) is 1. The van der Waals surface area contributed by atoms with Crippen LogP contribution in [0.3, 0.4) is 0 Å². The zero-order chi connectivity index (χ0) is 16.9. The van der Waals surface area contributed by atoms with Crippen molar-refractivity contribution in [3.63, 3.8) is 0 Å². The molecule has 0 aromatic heterocycles. The highest BCUT2D eigenvalue weighted by molar-refractivity contribution is 5.67. The molecule has 0 saturated carbocycles. The quantitative estimate of drug-likeness (QED) is 0.754. The van der Waals surface area contributed by atoms with E-state index in [1.54, 1.807) is 0 Å². The normalized spacial score (nSPS) is 14.8. The van der Waals surface area contributed by atoms with Crippen molar-refractivity contribution in [3.05, 3.63) is 29.3 Å². The minimum absolute atomic E-state index is 0.222. The Morgan fingerprint density at radius 2 is 2.17 bits per heavy atom. The lowest BCUT2D eigenvalue weighted by Crippen LogP contribution is -2.42. The number of fused-ring (bicyclic) bond motifs is 1. The van der Waals surface area contributed by atoms with Crippen molar-refractivity contribution in [2.75, 3.05) is 18.4 Å². The van der Waals surface area contributed by atoms with Gasteiger partial charge in [0, 0.05) is 31.4 Å². The van der Waals surface area contributed by atoms with Crippen molar-refractivity contribution in [2.45, 2.75) is 58.7 Å². The van der Waals surface area contributed by atoms with E-state index >= 15 is 0 Å². The molecule has 23 heavy (non-hydrogen) atoms. The summed E-state index contributed by atoms with van der Waals surface area (Å²) in [6, 6.07) is 6.67. The van der Waals surface area contributed by atoms with Crippen LogP contribution in [0.4, 0.5) is 10.5 Å². The van der Waals surface area contributed by atoms with Gasteiger partial charge in [0.15, 0.2) is 0 Å². The molecule has 0 aliphatic carbocycles. The first-order chi connectivity index (χ1) is 10.9. The van der Waals surface area contributed by atoms with Crippen LogP contribution in [0.5, 0.6) is 0 Å². The number of alkyl carbamates (subject to hydrolysis) is 1. The number of para-hydroxylation sites is 1. The second kappa shape index (κ2) is 7.68. The van der Waals surface area contributed by atoms with Gasteiger partial charge in [0.1, 0.15) is 5.60 Å². The Labute approximate surface area is 139 Å². The maximum atomic E-state index is 11.7. The second-order valence-corrected chi connectivity index (χ2v) is 7.00. The van der Waals surface area contributed by atoms with Gasteiger partial charge >= 0.3 is 6.09 Å². The molecule has 0 saturated heterocycles. The Morgan fingerprint density at radius 1 is 1.39 bits per heavy atom. The minimum atomic E-state index is -0.463. The van der Waals surface area contributed by atoms with Gasteiger partial charge in [-0.1, -0.05) is 25.1 Å². The lowest BCUT2D eigenvalue weighted by molar-refractivity contribution is 0.0522. The molecule has 5 nitrogen and oxygen atoms in total. The van der Waals surface area contributed by atoms with Gasteiger partial charge in [0.05, 0.1) is 0 Å². The Balaban J connectivity index is 1.81. The third-order valence-electron chi connectivity index (χ3n) is 3.90. The van der Waals surface area contributed by atoms with Gasteiger partial charge in [-0.05, 0) is 44.7 Å². The molecule has 0 radical (unpaired) electrons. The fraction of sp³-hybridized carbons (Fsp3) is 0.611. The maximum Gasteiger partial charge on any atom is 0.407 e.